The fourth-order valence-electron chi connectivity index (χ4n) is 2.63. The van der Waals surface area contributed by atoms with Crippen molar-refractivity contribution in [1.82, 2.24) is 10.4 Å². The van der Waals surface area contributed by atoms with Gasteiger partial charge >= 0.3 is 0 Å². The number of ether oxygens (including phenoxy) is 1. The zero-order valence-corrected chi connectivity index (χ0v) is 17.1. The van der Waals surface area contributed by atoms with Crippen LogP contribution in [0.1, 0.15) is 31.9 Å². The highest BCUT2D eigenvalue weighted by Crippen LogP contribution is 2.31. The first kappa shape index (κ1) is 19.2. The normalized spacial score (nSPS) is 11.9. The Morgan fingerprint density at radius 1 is 1.26 bits per heavy atom. The van der Waals surface area contributed by atoms with Gasteiger partial charge in [0, 0.05) is 22.7 Å². The van der Waals surface area contributed by atoms with Gasteiger partial charge < -0.3 is 9.72 Å². The summed E-state index contributed by atoms with van der Waals surface area (Å²) in [7, 11) is 0. The standard InChI is InChI=1S/C21H22BrN3O2/c1-21(2,3)15-8-9-19(17(22)10-15)27-13-20(26)25-24-12-14-11-23-18-7-5-4-6-16(14)18/h4-12,23H,13H2,1-3H3,(H,25,26). The van der Waals surface area contributed by atoms with E-state index in [1.807, 2.05) is 48.7 Å². The number of hydrogen-bond donors (Lipinski definition) is 2. The Bertz CT molecular complexity index is 987. The largest absolute Gasteiger partial charge is 0.483 e. The van der Waals surface area contributed by atoms with Crippen molar-refractivity contribution < 1.29 is 9.53 Å². The number of benzene rings is 2. The Morgan fingerprint density at radius 3 is 2.78 bits per heavy atom. The lowest BCUT2D eigenvalue weighted by Crippen LogP contribution is -2.24. The number of carbonyl (C=O) groups is 1. The predicted octanol–water partition coefficient (Wildman–Crippen LogP) is 4.76. The maximum atomic E-state index is 12.0. The minimum absolute atomic E-state index is 0.0511. The molecule has 0 aliphatic carbocycles. The summed E-state index contributed by atoms with van der Waals surface area (Å²) in [5, 5.41) is 5.06. The SMILES string of the molecule is CC(C)(C)c1ccc(OCC(=O)NN=Cc2c[nH]c3ccccc23)c(Br)c1. The average Bonchev–Trinajstić information content (AvgIpc) is 3.03. The van der Waals surface area contributed by atoms with Crippen molar-refractivity contribution in [1.29, 1.82) is 0 Å². The van der Waals surface area contributed by atoms with Gasteiger partial charge in [-0.3, -0.25) is 4.79 Å². The lowest BCUT2D eigenvalue weighted by molar-refractivity contribution is -0.123. The first-order chi connectivity index (χ1) is 12.8. The van der Waals surface area contributed by atoms with Gasteiger partial charge in [-0.25, -0.2) is 5.43 Å². The molecule has 1 aromatic heterocycles. The van der Waals surface area contributed by atoms with Gasteiger partial charge in [0.25, 0.3) is 5.91 Å². The molecule has 1 amide bonds. The molecule has 5 nitrogen and oxygen atoms in total. The number of H-pyrrole nitrogens is 1. The lowest BCUT2D eigenvalue weighted by Gasteiger charge is -2.20. The number of hydrazone groups is 1. The summed E-state index contributed by atoms with van der Waals surface area (Å²) < 4.78 is 6.41. The molecule has 0 fully saturated rings. The first-order valence-corrected chi connectivity index (χ1v) is 9.45. The van der Waals surface area contributed by atoms with Crippen LogP contribution in [0, 0.1) is 0 Å². The van der Waals surface area contributed by atoms with Gasteiger partial charge in [-0.15, -0.1) is 0 Å². The van der Waals surface area contributed by atoms with E-state index in [1.54, 1.807) is 6.21 Å². The fraction of sp³-hybridized carbons (Fsp3) is 0.238. The van der Waals surface area contributed by atoms with Crippen molar-refractivity contribution in [3.63, 3.8) is 0 Å². The molecule has 27 heavy (non-hydrogen) atoms. The molecule has 0 saturated carbocycles. The average molecular weight is 428 g/mol. The van der Waals surface area contributed by atoms with Crippen LogP contribution in [0.3, 0.4) is 0 Å². The molecule has 2 N–H and O–H groups in total. The lowest BCUT2D eigenvalue weighted by atomic mass is 9.87. The minimum Gasteiger partial charge on any atom is -0.483 e. The molecular weight excluding hydrogens is 406 g/mol. The van der Waals surface area contributed by atoms with Gasteiger partial charge in [-0.2, -0.15) is 5.10 Å². The molecular formula is C21H22BrN3O2. The predicted molar refractivity (Wildman–Crippen MR) is 112 cm³/mol. The van der Waals surface area contributed by atoms with E-state index in [0.717, 1.165) is 20.9 Å². The highest BCUT2D eigenvalue weighted by Gasteiger charge is 2.15. The topological polar surface area (TPSA) is 66.5 Å². The van der Waals surface area contributed by atoms with Gasteiger partial charge in [0.15, 0.2) is 6.61 Å². The minimum atomic E-state index is -0.321. The molecule has 3 rings (SSSR count). The Kier molecular flexibility index (Phi) is 5.65. The third-order valence-corrected chi connectivity index (χ3v) is 4.79. The van der Waals surface area contributed by atoms with Crippen LogP contribution in [-0.2, 0) is 10.2 Å². The number of fused-ring (bicyclic) bond motifs is 1. The Balaban J connectivity index is 1.55. The summed E-state index contributed by atoms with van der Waals surface area (Å²) in [6.45, 7) is 6.33. The van der Waals surface area contributed by atoms with Gasteiger partial charge in [-0.05, 0) is 45.1 Å². The van der Waals surface area contributed by atoms with E-state index in [1.165, 1.54) is 5.56 Å². The van der Waals surface area contributed by atoms with Gasteiger partial charge in [-0.1, -0.05) is 45.0 Å². The molecule has 0 unspecified atom stereocenters. The zero-order valence-electron chi connectivity index (χ0n) is 15.5. The Labute approximate surface area is 166 Å². The summed E-state index contributed by atoms with van der Waals surface area (Å²) in [5.74, 6) is 0.302. The third-order valence-electron chi connectivity index (χ3n) is 4.17. The molecule has 0 saturated heterocycles. The van der Waals surface area contributed by atoms with Gasteiger partial charge in [0.2, 0.25) is 0 Å². The number of rotatable bonds is 5. The third kappa shape index (κ3) is 4.77. The molecule has 140 valence electrons. The number of para-hydroxylation sites is 1. The molecule has 0 aliphatic heterocycles. The van der Waals surface area contributed by atoms with E-state index in [0.29, 0.717) is 5.75 Å². The second-order valence-electron chi connectivity index (χ2n) is 7.27. The van der Waals surface area contributed by atoms with Crippen LogP contribution in [0.15, 0.2) is 58.2 Å². The van der Waals surface area contributed by atoms with Crippen molar-refractivity contribution in [3.8, 4) is 5.75 Å². The van der Waals surface area contributed by atoms with Crippen LogP contribution >= 0.6 is 15.9 Å². The van der Waals surface area contributed by atoms with Crippen LogP contribution < -0.4 is 10.2 Å². The summed E-state index contributed by atoms with van der Waals surface area (Å²) in [6, 6.07) is 13.8. The zero-order chi connectivity index (χ0) is 19.4. The van der Waals surface area contributed by atoms with Crippen molar-refractivity contribution in [2.75, 3.05) is 6.61 Å². The quantitative estimate of drug-likeness (QED) is 0.455. The van der Waals surface area contributed by atoms with Gasteiger partial charge in [0.1, 0.15) is 5.75 Å². The summed E-state index contributed by atoms with van der Waals surface area (Å²) in [4.78, 5) is 15.1. The van der Waals surface area contributed by atoms with E-state index < -0.39 is 0 Å². The van der Waals surface area contributed by atoms with Gasteiger partial charge in [0.05, 0.1) is 10.7 Å². The van der Waals surface area contributed by atoms with E-state index in [-0.39, 0.29) is 17.9 Å². The molecule has 2 aromatic carbocycles. The number of hydrogen-bond acceptors (Lipinski definition) is 3. The smallest absolute Gasteiger partial charge is 0.277 e. The van der Waals surface area contributed by atoms with Crippen molar-refractivity contribution in [3.05, 3.63) is 64.3 Å². The Hall–Kier alpha value is -2.60. The maximum Gasteiger partial charge on any atom is 0.277 e. The number of aromatic amines is 1. The monoisotopic (exact) mass is 427 g/mol. The first-order valence-electron chi connectivity index (χ1n) is 8.65. The van der Waals surface area contributed by atoms with Crippen molar-refractivity contribution >= 4 is 39.0 Å². The maximum absolute atomic E-state index is 12.0. The molecule has 0 radical (unpaired) electrons. The van der Waals surface area contributed by atoms with Crippen molar-refractivity contribution in [2.45, 2.75) is 26.2 Å². The van der Waals surface area contributed by atoms with E-state index >= 15 is 0 Å². The highest BCUT2D eigenvalue weighted by atomic mass is 79.9. The molecule has 3 aromatic rings. The van der Waals surface area contributed by atoms with Crippen LogP contribution in [0.4, 0.5) is 0 Å². The number of aromatic nitrogens is 1. The molecule has 0 aliphatic rings. The molecule has 1 heterocycles. The van der Waals surface area contributed by atoms with E-state index in [4.69, 9.17) is 4.74 Å². The summed E-state index contributed by atoms with van der Waals surface area (Å²) in [6.07, 6.45) is 3.47. The number of amides is 1. The number of carbonyl (C=O) groups excluding carboxylic acids is 1. The van der Waals surface area contributed by atoms with Crippen LogP contribution in [0.25, 0.3) is 10.9 Å². The van der Waals surface area contributed by atoms with Crippen LogP contribution in [-0.4, -0.2) is 23.7 Å². The van der Waals surface area contributed by atoms with Crippen molar-refractivity contribution in [2.24, 2.45) is 5.10 Å². The molecule has 0 bridgehead atoms. The second-order valence-corrected chi connectivity index (χ2v) is 8.12. The van der Waals surface area contributed by atoms with E-state index in [2.05, 4.69) is 52.2 Å². The summed E-state index contributed by atoms with van der Waals surface area (Å²) in [5.41, 5.74) is 5.66. The van der Waals surface area contributed by atoms with Crippen LogP contribution in [0.5, 0.6) is 5.75 Å². The Morgan fingerprint density at radius 2 is 2.04 bits per heavy atom. The summed E-state index contributed by atoms with van der Waals surface area (Å²) >= 11 is 3.50. The number of nitrogens with one attached hydrogen (secondary N) is 2. The second kappa shape index (κ2) is 7.96. The molecule has 6 heteroatoms. The number of halogens is 1. The highest BCUT2D eigenvalue weighted by molar-refractivity contribution is 9.10. The van der Waals surface area contributed by atoms with E-state index in [9.17, 15) is 4.79 Å². The fourth-order valence-corrected chi connectivity index (χ4v) is 3.13. The number of nitrogens with zero attached hydrogens (tertiary/aromatic N) is 1. The molecule has 0 spiro atoms. The van der Waals surface area contributed by atoms with Crippen LogP contribution in [0.2, 0.25) is 0 Å². The molecule has 0 atom stereocenters.